The van der Waals surface area contributed by atoms with Crippen LogP contribution in [0.4, 0.5) is 5.69 Å². The summed E-state index contributed by atoms with van der Waals surface area (Å²) >= 11 is 0. The number of amides is 1. The quantitative estimate of drug-likeness (QED) is 0.848. The van der Waals surface area contributed by atoms with Gasteiger partial charge in [-0.25, -0.2) is 0 Å². The molecule has 1 amide bonds. The maximum absolute atomic E-state index is 12.6. The lowest BCUT2D eigenvalue weighted by molar-refractivity contribution is -0.126. The van der Waals surface area contributed by atoms with Gasteiger partial charge in [-0.05, 0) is 50.6 Å². The zero-order valence-electron chi connectivity index (χ0n) is 12.6. The van der Waals surface area contributed by atoms with Crippen molar-refractivity contribution in [3.8, 4) is 0 Å². The Bertz CT molecular complexity index is 606. The Morgan fingerprint density at radius 1 is 1.19 bits per heavy atom. The molecule has 0 radical (unpaired) electrons. The highest BCUT2D eigenvalue weighted by atomic mass is 16.2. The summed E-state index contributed by atoms with van der Waals surface area (Å²) in [5, 5.41) is 3.02. The van der Waals surface area contributed by atoms with Gasteiger partial charge in [0.25, 0.3) is 0 Å². The standard InChI is InChI=1S/C17H21N3O/c1-12(15-6-4-5-11-19-15)20-16(21)17(2,3)13-7-9-14(18)10-8-13/h4-12H,18H2,1-3H3,(H,20,21)/t12-/m1/s1. The van der Waals surface area contributed by atoms with E-state index in [1.807, 2.05) is 63.2 Å². The van der Waals surface area contributed by atoms with E-state index in [1.54, 1.807) is 6.20 Å². The molecular formula is C17H21N3O. The SMILES string of the molecule is C[C@@H](NC(=O)C(C)(C)c1ccc(N)cc1)c1ccccn1. The molecule has 0 unspecified atom stereocenters. The predicted octanol–water partition coefficient (Wildman–Crippen LogP) is 2.82. The van der Waals surface area contributed by atoms with Crippen LogP contribution in [0.15, 0.2) is 48.7 Å². The van der Waals surface area contributed by atoms with Crippen LogP contribution in [-0.4, -0.2) is 10.9 Å². The first-order valence-corrected chi connectivity index (χ1v) is 6.99. The van der Waals surface area contributed by atoms with E-state index < -0.39 is 5.41 Å². The van der Waals surface area contributed by atoms with Crippen LogP contribution in [0.2, 0.25) is 0 Å². The van der Waals surface area contributed by atoms with Crippen LogP contribution in [0.5, 0.6) is 0 Å². The minimum atomic E-state index is -0.628. The fourth-order valence-electron chi connectivity index (χ4n) is 2.11. The van der Waals surface area contributed by atoms with Crippen LogP contribution >= 0.6 is 0 Å². The van der Waals surface area contributed by atoms with Gasteiger partial charge in [0.1, 0.15) is 0 Å². The Hall–Kier alpha value is -2.36. The van der Waals surface area contributed by atoms with E-state index in [4.69, 9.17) is 5.73 Å². The molecule has 2 aromatic rings. The molecule has 0 saturated carbocycles. The number of pyridine rings is 1. The maximum Gasteiger partial charge on any atom is 0.230 e. The molecule has 0 spiro atoms. The predicted molar refractivity (Wildman–Crippen MR) is 84.7 cm³/mol. The van der Waals surface area contributed by atoms with Crippen molar-refractivity contribution >= 4 is 11.6 Å². The van der Waals surface area contributed by atoms with E-state index in [1.165, 1.54) is 0 Å². The van der Waals surface area contributed by atoms with Gasteiger partial charge >= 0.3 is 0 Å². The number of hydrogen-bond acceptors (Lipinski definition) is 3. The van der Waals surface area contributed by atoms with Gasteiger partial charge in [0.15, 0.2) is 0 Å². The summed E-state index contributed by atoms with van der Waals surface area (Å²) in [5.41, 5.74) is 7.54. The van der Waals surface area contributed by atoms with Gasteiger partial charge in [-0.2, -0.15) is 0 Å². The molecule has 1 heterocycles. The summed E-state index contributed by atoms with van der Waals surface area (Å²) in [5.74, 6) is -0.0366. The number of hydrogen-bond donors (Lipinski definition) is 2. The third-order valence-electron chi connectivity index (χ3n) is 3.68. The Morgan fingerprint density at radius 3 is 2.43 bits per heavy atom. The number of carbonyl (C=O) groups excluding carboxylic acids is 1. The molecule has 1 aromatic heterocycles. The number of anilines is 1. The second kappa shape index (κ2) is 5.95. The molecule has 1 aromatic carbocycles. The van der Waals surface area contributed by atoms with E-state index in [9.17, 15) is 4.79 Å². The molecule has 110 valence electrons. The minimum absolute atomic E-state index is 0.0366. The molecule has 0 aliphatic rings. The number of rotatable bonds is 4. The monoisotopic (exact) mass is 283 g/mol. The molecule has 4 heteroatoms. The molecular weight excluding hydrogens is 262 g/mol. The third kappa shape index (κ3) is 3.40. The topological polar surface area (TPSA) is 68.0 Å². The summed E-state index contributed by atoms with van der Waals surface area (Å²) in [6, 6.07) is 12.9. The number of nitrogens with two attached hydrogens (primary N) is 1. The first-order valence-electron chi connectivity index (χ1n) is 6.99. The molecule has 2 rings (SSSR count). The first-order chi connectivity index (χ1) is 9.91. The number of nitrogen functional groups attached to an aromatic ring is 1. The van der Waals surface area contributed by atoms with Crippen molar-refractivity contribution in [1.29, 1.82) is 0 Å². The molecule has 21 heavy (non-hydrogen) atoms. The van der Waals surface area contributed by atoms with E-state index in [-0.39, 0.29) is 11.9 Å². The molecule has 4 nitrogen and oxygen atoms in total. The molecule has 1 atom stereocenters. The Balaban J connectivity index is 2.13. The molecule has 0 fully saturated rings. The molecule has 0 aliphatic heterocycles. The zero-order chi connectivity index (χ0) is 15.5. The summed E-state index contributed by atoms with van der Waals surface area (Å²) < 4.78 is 0. The Morgan fingerprint density at radius 2 is 1.86 bits per heavy atom. The van der Waals surface area contributed by atoms with Gasteiger partial charge in [-0.3, -0.25) is 9.78 Å². The summed E-state index contributed by atoms with van der Waals surface area (Å²) in [6.07, 6.45) is 1.73. The van der Waals surface area contributed by atoms with Crippen molar-refractivity contribution in [3.63, 3.8) is 0 Å². The summed E-state index contributed by atoms with van der Waals surface area (Å²) in [6.45, 7) is 5.73. The van der Waals surface area contributed by atoms with E-state index in [0.29, 0.717) is 5.69 Å². The Labute approximate surface area is 125 Å². The third-order valence-corrected chi connectivity index (χ3v) is 3.68. The highest BCUT2D eigenvalue weighted by Crippen LogP contribution is 2.25. The smallest absolute Gasteiger partial charge is 0.230 e. The van der Waals surface area contributed by atoms with Crippen molar-refractivity contribution in [3.05, 3.63) is 59.9 Å². The summed E-state index contributed by atoms with van der Waals surface area (Å²) in [4.78, 5) is 16.8. The van der Waals surface area contributed by atoms with Crippen LogP contribution in [0.25, 0.3) is 0 Å². The Kier molecular flexibility index (Phi) is 4.26. The highest BCUT2D eigenvalue weighted by molar-refractivity contribution is 5.87. The van der Waals surface area contributed by atoms with E-state index in [2.05, 4.69) is 10.3 Å². The summed E-state index contributed by atoms with van der Waals surface area (Å²) in [7, 11) is 0. The van der Waals surface area contributed by atoms with Crippen LogP contribution in [0.3, 0.4) is 0 Å². The second-order valence-electron chi connectivity index (χ2n) is 5.70. The lowest BCUT2D eigenvalue weighted by Gasteiger charge is -2.26. The second-order valence-corrected chi connectivity index (χ2v) is 5.70. The minimum Gasteiger partial charge on any atom is -0.399 e. The fraction of sp³-hybridized carbons (Fsp3) is 0.294. The van der Waals surface area contributed by atoms with Gasteiger partial charge in [0.2, 0.25) is 5.91 Å². The van der Waals surface area contributed by atoms with Crippen LogP contribution in [0, 0.1) is 0 Å². The molecule has 0 bridgehead atoms. The van der Waals surface area contributed by atoms with Gasteiger partial charge in [-0.1, -0.05) is 18.2 Å². The highest BCUT2D eigenvalue weighted by Gasteiger charge is 2.30. The number of nitrogens with one attached hydrogen (secondary N) is 1. The number of benzene rings is 1. The van der Waals surface area contributed by atoms with E-state index in [0.717, 1.165) is 11.3 Å². The number of aromatic nitrogens is 1. The van der Waals surface area contributed by atoms with Crippen molar-refractivity contribution in [2.75, 3.05) is 5.73 Å². The molecule has 3 N–H and O–H groups in total. The lowest BCUT2D eigenvalue weighted by Crippen LogP contribution is -2.41. The van der Waals surface area contributed by atoms with Crippen molar-refractivity contribution < 1.29 is 4.79 Å². The van der Waals surface area contributed by atoms with Crippen LogP contribution in [0.1, 0.15) is 38.1 Å². The first kappa shape index (κ1) is 15.0. The van der Waals surface area contributed by atoms with E-state index >= 15 is 0 Å². The maximum atomic E-state index is 12.6. The van der Waals surface area contributed by atoms with Crippen LogP contribution in [-0.2, 0) is 10.2 Å². The van der Waals surface area contributed by atoms with Gasteiger partial charge in [0, 0.05) is 11.9 Å². The van der Waals surface area contributed by atoms with Crippen molar-refractivity contribution in [1.82, 2.24) is 10.3 Å². The van der Waals surface area contributed by atoms with Crippen LogP contribution < -0.4 is 11.1 Å². The normalized spacial score (nSPS) is 12.7. The zero-order valence-corrected chi connectivity index (χ0v) is 12.6. The van der Waals surface area contributed by atoms with Crippen molar-refractivity contribution in [2.24, 2.45) is 0 Å². The number of nitrogens with zero attached hydrogens (tertiary/aromatic N) is 1. The van der Waals surface area contributed by atoms with Crippen molar-refractivity contribution in [2.45, 2.75) is 32.2 Å². The van der Waals surface area contributed by atoms with Gasteiger partial charge in [0.05, 0.1) is 17.2 Å². The average Bonchev–Trinajstić information content (AvgIpc) is 2.48. The largest absolute Gasteiger partial charge is 0.399 e. The van der Waals surface area contributed by atoms with Gasteiger partial charge < -0.3 is 11.1 Å². The van der Waals surface area contributed by atoms with Gasteiger partial charge in [-0.15, -0.1) is 0 Å². The number of carbonyl (C=O) groups is 1. The fourth-order valence-corrected chi connectivity index (χ4v) is 2.11. The molecule has 0 saturated heterocycles. The lowest BCUT2D eigenvalue weighted by atomic mass is 9.83. The molecule has 0 aliphatic carbocycles. The average molecular weight is 283 g/mol.